The molecule has 0 heterocycles. The highest BCUT2D eigenvalue weighted by Crippen LogP contribution is 2.26. The summed E-state index contributed by atoms with van der Waals surface area (Å²) in [6.45, 7) is 1.48. The zero-order valence-electron chi connectivity index (χ0n) is 9.77. The predicted octanol–water partition coefficient (Wildman–Crippen LogP) is 2.58. The van der Waals surface area contributed by atoms with Crippen LogP contribution in [0.15, 0.2) is 36.4 Å². The van der Waals surface area contributed by atoms with E-state index in [1.807, 2.05) is 36.4 Å². The van der Waals surface area contributed by atoms with Gasteiger partial charge in [-0.25, -0.2) is 0 Å². The molecule has 2 aromatic carbocycles. The molecule has 0 fully saturated rings. The third kappa shape index (κ3) is 2.08. The van der Waals surface area contributed by atoms with E-state index in [1.54, 1.807) is 13.2 Å². The van der Waals surface area contributed by atoms with Crippen molar-refractivity contribution in [3.05, 3.63) is 42.0 Å². The third-order valence-corrected chi connectivity index (χ3v) is 2.83. The van der Waals surface area contributed by atoms with Crippen molar-refractivity contribution in [2.24, 2.45) is 0 Å². The van der Waals surface area contributed by atoms with Gasteiger partial charge in [0.05, 0.1) is 7.11 Å². The summed E-state index contributed by atoms with van der Waals surface area (Å²) in [4.78, 5) is 0. The molecular formula is C14H13NO2. The zero-order chi connectivity index (χ0) is 12.5. The van der Waals surface area contributed by atoms with E-state index in [2.05, 4.69) is 0 Å². The number of aliphatic hydroxyl groups is 1. The number of rotatable bonds is 2. The van der Waals surface area contributed by atoms with Crippen molar-refractivity contribution in [1.29, 1.82) is 5.26 Å². The number of methoxy groups -OCH3 is 1. The number of nitriles is 1. The van der Waals surface area contributed by atoms with Crippen molar-refractivity contribution in [3.63, 3.8) is 0 Å². The summed E-state index contributed by atoms with van der Waals surface area (Å²) in [6.07, 6.45) is 0. The highest BCUT2D eigenvalue weighted by atomic mass is 16.5. The number of hydrogen-bond donors (Lipinski definition) is 1. The van der Waals surface area contributed by atoms with Crippen LogP contribution in [0.4, 0.5) is 0 Å². The molecule has 0 spiro atoms. The van der Waals surface area contributed by atoms with E-state index in [4.69, 9.17) is 10.00 Å². The third-order valence-electron chi connectivity index (χ3n) is 2.83. The molecule has 0 bridgehead atoms. The van der Waals surface area contributed by atoms with Crippen LogP contribution >= 0.6 is 0 Å². The molecule has 3 heteroatoms. The summed E-state index contributed by atoms with van der Waals surface area (Å²) in [5.41, 5.74) is -0.855. The predicted molar refractivity (Wildman–Crippen MR) is 65.7 cm³/mol. The minimum atomic E-state index is -1.45. The highest BCUT2D eigenvalue weighted by Gasteiger charge is 2.22. The summed E-state index contributed by atoms with van der Waals surface area (Å²) in [5.74, 6) is 0.789. The Morgan fingerprint density at radius 3 is 2.47 bits per heavy atom. The van der Waals surface area contributed by atoms with Gasteiger partial charge >= 0.3 is 0 Å². The van der Waals surface area contributed by atoms with Gasteiger partial charge in [-0.15, -0.1) is 0 Å². The van der Waals surface area contributed by atoms with Gasteiger partial charge in [0.1, 0.15) is 11.8 Å². The smallest absolute Gasteiger partial charge is 0.173 e. The van der Waals surface area contributed by atoms with Gasteiger partial charge in [-0.1, -0.05) is 18.2 Å². The van der Waals surface area contributed by atoms with E-state index >= 15 is 0 Å². The lowest BCUT2D eigenvalue weighted by Crippen LogP contribution is -2.17. The average molecular weight is 227 g/mol. The molecule has 1 N–H and O–H groups in total. The van der Waals surface area contributed by atoms with Crippen LogP contribution in [0.25, 0.3) is 10.8 Å². The van der Waals surface area contributed by atoms with Crippen molar-refractivity contribution in [1.82, 2.24) is 0 Å². The Kier molecular flexibility index (Phi) is 2.74. The fraction of sp³-hybridized carbons (Fsp3) is 0.214. The summed E-state index contributed by atoms with van der Waals surface area (Å²) >= 11 is 0. The van der Waals surface area contributed by atoms with Crippen LogP contribution in [-0.2, 0) is 5.60 Å². The quantitative estimate of drug-likeness (QED) is 0.802. The van der Waals surface area contributed by atoms with Gasteiger partial charge in [0.2, 0.25) is 0 Å². The Hall–Kier alpha value is -2.05. The fourth-order valence-electron chi connectivity index (χ4n) is 1.72. The summed E-state index contributed by atoms with van der Waals surface area (Å²) in [6, 6.07) is 13.0. The van der Waals surface area contributed by atoms with E-state index in [0.717, 1.165) is 16.5 Å². The molecule has 0 aliphatic heterocycles. The maximum absolute atomic E-state index is 9.87. The van der Waals surface area contributed by atoms with Crippen LogP contribution in [0.3, 0.4) is 0 Å². The number of fused-ring (bicyclic) bond motifs is 1. The molecule has 0 unspecified atom stereocenters. The SMILES string of the molecule is COc1ccc2cc([C@@](C)(O)C#N)ccc2c1. The summed E-state index contributed by atoms with van der Waals surface area (Å²) < 4.78 is 5.14. The Bertz CT molecular complexity index is 597. The Morgan fingerprint density at radius 1 is 1.18 bits per heavy atom. The van der Waals surface area contributed by atoms with E-state index in [9.17, 15) is 5.11 Å². The molecule has 0 aliphatic carbocycles. The topological polar surface area (TPSA) is 53.2 Å². The maximum Gasteiger partial charge on any atom is 0.173 e. The Morgan fingerprint density at radius 2 is 1.82 bits per heavy atom. The number of ether oxygens (including phenoxy) is 1. The molecule has 2 aromatic rings. The van der Waals surface area contributed by atoms with Crippen LogP contribution < -0.4 is 4.74 Å². The standard InChI is InChI=1S/C14H13NO2/c1-14(16,9-15)12-5-3-11-8-13(17-2)6-4-10(11)7-12/h3-8,16H,1-2H3/t14-/m0/s1. The molecule has 86 valence electrons. The molecular weight excluding hydrogens is 214 g/mol. The lowest BCUT2D eigenvalue weighted by molar-refractivity contribution is 0.120. The molecule has 0 saturated heterocycles. The molecule has 0 radical (unpaired) electrons. The second-order valence-electron chi connectivity index (χ2n) is 4.11. The molecule has 17 heavy (non-hydrogen) atoms. The van der Waals surface area contributed by atoms with Crippen LogP contribution in [0.5, 0.6) is 5.75 Å². The second kappa shape index (κ2) is 4.08. The minimum absolute atomic E-state index is 0.595. The molecule has 1 atom stereocenters. The zero-order valence-corrected chi connectivity index (χ0v) is 9.77. The van der Waals surface area contributed by atoms with Gasteiger partial charge in [0.25, 0.3) is 0 Å². The first-order valence-corrected chi connectivity index (χ1v) is 5.29. The van der Waals surface area contributed by atoms with Crippen molar-refractivity contribution in [2.75, 3.05) is 7.11 Å². The average Bonchev–Trinajstić information content (AvgIpc) is 2.37. The van der Waals surface area contributed by atoms with Crippen molar-refractivity contribution >= 4 is 10.8 Å². The van der Waals surface area contributed by atoms with E-state index in [-0.39, 0.29) is 0 Å². The van der Waals surface area contributed by atoms with Gasteiger partial charge in [0, 0.05) is 0 Å². The van der Waals surface area contributed by atoms with E-state index in [1.165, 1.54) is 6.92 Å². The molecule has 0 aromatic heterocycles. The van der Waals surface area contributed by atoms with Gasteiger partial charge in [-0.3, -0.25) is 0 Å². The fourth-order valence-corrected chi connectivity index (χ4v) is 1.72. The van der Waals surface area contributed by atoms with Crippen molar-refractivity contribution in [2.45, 2.75) is 12.5 Å². The largest absolute Gasteiger partial charge is 0.497 e. The van der Waals surface area contributed by atoms with Crippen LogP contribution in [0.1, 0.15) is 12.5 Å². The summed E-state index contributed by atoms with van der Waals surface area (Å²) in [7, 11) is 1.62. The van der Waals surface area contributed by atoms with Crippen molar-refractivity contribution < 1.29 is 9.84 Å². The van der Waals surface area contributed by atoms with Gasteiger partial charge < -0.3 is 9.84 Å². The maximum atomic E-state index is 9.87. The number of nitrogens with zero attached hydrogens (tertiary/aromatic N) is 1. The molecule has 3 nitrogen and oxygen atoms in total. The number of benzene rings is 2. The first-order valence-electron chi connectivity index (χ1n) is 5.29. The second-order valence-corrected chi connectivity index (χ2v) is 4.11. The van der Waals surface area contributed by atoms with E-state index < -0.39 is 5.60 Å². The first-order chi connectivity index (χ1) is 8.06. The molecule has 0 saturated carbocycles. The van der Waals surface area contributed by atoms with Gasteiger partial charge in [-0.2, -0.15) is 5.26 Å². The Balaban J connectivity index is 2.57. The first kappa shape index (κ1) is 11.4. The van der Waals surface area contributed by atoms with Crippen molar-refractivity contribution in [3.8, 4) is 11.8 Å². The summed E-state index contributed by atoms with van der Waals surface area (Å²) in [5, 5.41) is 20.7. The molecule has 0 aliphatic rings. The van der Waals surface area contributed by atoms with Gasteiger partial charge in [0.15, 0.2) is 5.60 Å². The van der Waals surface area contributed by atoms with Crippen LogP contribution in [0.2, 0.25) is 0 Å². The highest BCUT2D eigenvalue weighted by molar-refractivity contribution is 5.84. The van der Waals surface area contributed by atoms with Crippen LogP contribution in [-0.4, -0.2) is 12.2 Å². The molecule has 2 rings (SSSR count). The lowest BCUT2D eigenvalue weighted by Gasteiger charge is -2.15. The minimum Gasteiger partial charge on any atom is -0.497 e. The van der Waals surface area contributed by atoms with Gasteiger partial charge in [-0.05, 0) is 41.5 Å². The van der Waals surface area contributed by atoms with Crippen LogP contribution in [0, 0.1) is 11.3 Å². The molecule has 0 amide bonds. The Labute approximate surface area is 99.9 Å². The number of hydrogen-bond acceptors (Lipinski definition) is 3. The van der Waals surface area contributed by atoms with E-state index in [0.29, 0.717) is 5.56 Å². The lowest BCUT2D eigenvalue weighted by atomic mass is 9.95. The normalized spacial score (nSPS) is 14.0. The monoisotopic (exact) mass is 227 g/mol.